The molecule has 0 aromatic rings. The molecule has 1 fully saturated rings. The molecule has 4 N–H and O–H groups in total. The van der Waals surface area contributed by atoms with Crippen LogP contribution >= 0.6 is 8.25 Å². The number of carbonyl (C=O) groups is 3. The second kappa shape index (κ2) is 18.5. The summed E-state index contributed by atoms with van der Waals surface area (Å²) in [6.07, 6.45) is 10.9. The highest BCUT2D eigenvalue weighted by Gasteiger charge is 2.54. The van der Waals surface area contributed by atoms with E-state index in [1.54, 1.807) is 0 Å². The van der Waals surface area contributed by atoms with Crippen molar-refractivity contribution in [3.8, 4) is 0 Å². The molecule has 0 radical (unpaired) electrons. The Morgan fingerprint density at radius 1 is 1.05 bits per heavy atom. The van der Waals surface area contributed by atoms with Gasteiger partial charge in [-0.3, -0.25) is 19.7 Å². The Morgan fingerprint density at radius 3 is 2.42 bits per heavy atom. The van der Waals surface area contributed by atoms with Gasteiger partial charge in [-0.25, -0.2) is 0 Å². The van der Waals surface area contributed by atoms with Crippen LogP contribution in [0.25, 0.3) is 0 Å². The molecule has 2 heterocycles. The third-order valence-corrected chi connectivity index (χ3v) is 7.23. The second-order valence-electron chi connectivity index (χ2n) is 9.84. The first kappa shape index (κ1) is 32.5. The highest BCUT2D eigenvalue weighted by molar-refractivity contribution is 7.32. The van der Waals surface area contributed by atoms with Crippen molar-refractivity contribution in [1.82, 2.24) is 10.6 Å². The normalized spacial score (nSPS) is 25.4. The third-order valence-electron chi connectivity index (χ3n) is 6.81. The predicted molar refractivity (Wildman–Crippen MR) is 140 cm³/mol. The summed E-state index contributed by atoms with van der Waals surface area (Å²) in [5, 5.41) is 14.9. The van der Waals surface area contributed by atoms with Crippen LogP contribution in [0.1, 0.15) is 84.0 Å². The van der Waals surface area contributed by atoms with Crippen molar-refractivity contribution in [2.24, 2.45) is 5.92 Å². The first-order valence-electron chi connectivity index (χ1n) is 13.9. The first-order chi connectivity index (χ1) is 18.4. The number of nitrogens with one attached hydrogen (secondary N) is 2. The number of hydrogen-bond acceptors (Lipinski definition) is 8. The van der Waals surface area contributed by atoms with E-state index >= 15 is 0 Å². The Labute approximate surface area is 226 Å². The maximum Gasteiger partial charge on any atom is 0.695 e. The summed E-state index contributed by atoms with van der Waals surface area (Å²) in [4.78, 5) is 45.0. The van der Waals surface area contributed by atoms with E-state index in [9.17, 15) is 28.9 Å². The van der Waals surface area contributed by atoms with Crippen LogP contribution in [0.2, 0.25) is 0 Å². The number of rotatable bonds is 20. The molecule has 0 aromatic carbocycles. The molecule has 2 aliphatic heterocycles. The van der Waals surface area contributed by atoms with Crippen LogP contribution in [0, 0.1) is 5.92 Å². The standard InChI is InChI=1S/C26H43N2O9P/c1-2-3-4-5-6-7-10-13-21(30)27-16-11-8-9-12-17-35-25-23(19-14-15-22(31)28-26(19)32)36-20(18-29)24(25)37-38(33)34/h14-15,19-20,23-25,29H,2-13,16-18H2,1H3,(H2-,27,28,30,31,32,33,34)/p+1/t19?,20-,23+,24?,25-/m1/s1. The van der Waals surface area contributed by atoms with Gasteiger partial charge in [0.05, 0.1) is 12.5 Å². The zero-order valence-corrected chi connectivity index (χ0v) is 23.2. The van der Waals surface area contributed by atoms with Gasteiger partial charge in [0.1, 0.15) is 18.3 Å². The lowest BCUT2D eigenvalue weighted by atomic mass is 9.93. The summed E-state index contributed by atoms with van der Waals surface area (Å²) >= 11 is 0. The largest absolute Gasteiger partial charge is 0.695 e. The topological polar surface area (TPSA) is 160 Å². The van der Waals surface area contributed by atoms with Gasteiger partial charge < -0.3 is 19.9 Å². The molecule has 0 saturated carbocycles. The Hall–Kier alpha value is -1.75. The maximum atomic E-state index is 12.3. The third kappa shape index (κ3) is 11.6. The molecule has 11 nitrogen and oxygen atoms in total. The average Bonchev–Trinajstić information content (AvgIpc) is 3.21. The number of carbonyl (C=O) groups excluding carboxylic acids is 3. The van der Waals surface area contributed by atoms with Crippen molar-refractivity contribution in [1.29, 1.82) is 0 Å². The Bertz CT molecular complexity index is 795. The molecule has 2 aliphatic rings. The number of hydrogen-bond donors (Lipinski definition) is 4. The molecule has 12 heteroatoms. The molecular weight excluding hydrogens is 515 g/mol. The molecule has 0 bridgehead atoms. The summed E-state index contributed by atoms with van der Waals surface area (Å²) in [6, 6.07) is 0. The van der Waals surface area contributed by atoms with Gasteiger partial charge in [-0.1, -0.05) is 64.4 Å². The van der Waals surface area contributed by atoms with Crippen LogP contribution in [0.3, 0.4) is 0 Å². The molecule has 0 aromatic heterocycles. The molecule has 6 atom stereocenters. The number of aliphatic hydroxyl groups excluding tert-OH is 1. The van der Waals surface area contributed by atoms with Gasteiger partial charge >= 0.3 is 8.25 Å². The molecule has 1 saturated heterocycles. The molecule has 0 aliphatic carbocycles. The van der Waals surface area contributed by atoms with E-state index in [4.69, 9.17) is 14.0 Å². The van der Waals surface area contributed by atoms with Gasteiger partial charge in [0.15, 0.2) is 6.10 Å². The quantitative estimate of drug-likeness (QED) is 0.0999. The maximum absolute atomic E-state index is 12.3. The fourth-order valence-corrected chi connectivity index (χ4v) is 5.22. The minimum Gasteiger partial charge on any atom is -0.394 e. The van der Waals surface area contributed by atoms with Gasteiger partial charge in [-0.2, -0.15) is 0 Å². The average molecular weight is 560 g/mol. The molecule has 3 amide bonds. The summed E-state index contributed by atoms with van der Waals surface area (Å²) in [7, 11) is -3.00. The lowest BCUT2D eigenvalue weighted by Gasteiger charge is -2.26. The Kier molecular flexibility index (Phi) is 15.8. The SMILES string of the molecule is CCCCCCCCCC(=O)NCCCCCCO[C@H]1C(O[P+](=O)O)[C@@H](CO)O[C@H]1C1C=CC(=O)NC1=O. The summed E-state index contributed by atoms with van der Waals surface area (Å²) < 4.78 is 28.2. The lowest BCUT2D eigenvalue weighted by molar-refractivity contribution is -0.136. The van der Waals surface area contributed by atoms with E-state index in [0.29, 0.717) is 19.4 Å². The number of unbranched alkanes of at least 4 members (excludes halogenated alkanes) is 9. The molecule has 2 rings (SSSR count). The van der Waals surface area contributed by atoms with E-state index in [0.717, 1.165) is 32.1 Å². The van der Waals surface area contributed by atoms with Crippen LogP contribution in [0.5, 0.6) is 0 Å². The van der Waals surface area contributed by atoms with Crippen molar-refractivity contribution in [2.45, 2.75) is 108 Å². The molecule has 0 spiro atoms. The van der Waals surface area contributed by atoms with Crippen molar-refractivity contribution >= 4 is 26.0 Å². The molecule has 216 valence electrons. The minimum absolute atomic E-state index is 0.100. The fraction of sp³-hybridized carbons (Fsp3) is 0.808. The molecule has 3 unspecified atom stereocenters. The highest BCUT2D eigenvalue weighted by Crippen LogP contribution is 2.36. The van der Waals surface area contributed by atoms with E-state index in [2.05, 4.69) is 17.6 Å². The van der Waals surface area contributed by atoms with E-state index < -0.39 is 57.0 Å². The van der Waals surface area contributed by atoms with E-state index in [1.165, 1.54) is 44.3 Å². The zero-order chi connectivity index (χ0) is 27.8. The van der Waals surface area contributed by atoms with Gasteiger partial charge in [0.2, 0.25) is 17.7 Å². The van der Waals surface area contributed by atoms with Crippen LogP contribution < -0.4 is 10.6 Å². The first-order valence-corrected chi connectivity index (χ1v) is 15.0. The summed E-state index contributed by atoms with van der Waals surface area (Å²) in [6.45, 7) is 2.62. The number of imide groups is 1. The van der Waals surface area contributed by atoms with E-state index in [-0.39, 0.29) is 12.5 Å². The van der Waals surface area contributed by atoms with Crippen molar-refractivity contribution in [3.05, 3.63) is 12.2 Å². The number of amides is 3. The second-order valence-corrected chi connectivity index (χ2v) is 10.5. The molecular formula is C26H44N2O9P+. The highest BCUT2D eigenvalue weighted by atomic mass is 31.1. The summed E-state index contributed by atoms with van der Waals surface area (Å²) in [5.74, 6) is -1.89. The lowest BCUT2D eigenvalue weighted by Crippen LogP contribution is -2.47. The van der Waals surface area contributed by atoms with Crippen LogP contribution in [-0.4, -0.2) is 71.9 Å². The Morgan fingerprint density at radius 2 is 1.74 bits per heavy atom. The smallest absolute Gasteiger partial charge is 0.394 e. The van der Waals surface area contributed by atoms with E-state index in [1.807, 2.05) is 0 Å². The van der Waals surface area contributed by atoms with Gasteiger partial charge in [-0.15, -0.1) is 9.42 Å². The Balaban J connectivity index is 1.67. The van der Waals surface area contributed by atoms with Crippen molar-refractivity contribution in [3.63, 3.8) is 0 Å². The van der Waals surface area contributed by atoms with Gasteiger partial charge in [0, 0.05) is 30.2 Å². The minimum atomic E-state index is -3.00. The van der Waals surface area contributed by atoms with Gasteiger partial charge in [-0.05, 0) is 19.3 Å². The summed E-state index contributed by atoms with van der Waals surface area (Å²) in [5.41, 5.74) is 0. The monoisotopic (exact) mass is 559 g/mol. The fourth-order valence-electron chi connectivity index (χ4n) is 4.76. The predicted octanol–water partition coefficient (Wildman–Crippen LogP) is 2.81. The van der Waals surface area contributed by atoms with Crippen LogP contribution in [0.4, 0.5) is 0 Å². The van der Waals surface area contributed by atoms with Gasteiger partial charge in [0.25, 0.3) is 0 Å². The van der Waals surface area contributed by atoms with Crippen molar-refractivity contribution in [2.75, 3.05) is 19.8 Å². The van der Waals surface area contributed by atoms with Crippen LogP contribution in [-0.2, 0) is 32.9 Å². The number of aliphatic hydroxyl groups is 1. The van der Waals surface area contributed by atoms with Crippen molar-refractivity contribution < 1.29 is 42.9 Å². The van der Waals surface area contributed by atoms with Crippen LogP contribution in [0.15, 0.2) is 12.2 Å². The number of ether oxygens (including phenoxy) is 2. The zero-order valence-electron chi connectivity index (χ0n) is 22.3. The molecule has 38 heavy (non-hydrogen) atoms.